The fourth-order valence-corrected chi connectivity index (χ4v) is 2.30. The van der Waals surface area contributed by atoms with E-state index in [0.717, 1.165) is 22.7 Å². The Balaban J connectivity index is 0.000000180. The lowest BCUT2D eigenvalue weighted by molar-refractivity contribution is -0.0258. The molecule has 102 valence electrons. The van der Waals surface area contributed by atoms with Crippen molar-refractivity contribution in [1.82, 2.24) is 0 Å². The van der Waals surface area contributed by atoms with Crippen LogP contribution in [-0.4, -0.2) is 34.0 Å². The molecular weight excluding hydrogens is 296 g/mol. The molecule has 3 nitrogen and oxygen atoms in total. The van der Waals surface area contributed by atoms with Crippen molar-refractivity contribution in [3.8, 4) is 5.75 Å². The lowest BCUT2D eigenvalue weighted by Gasteiger charge is -2.33. The molecular formula is C14H21BrO3. The summed E-state index contributed by atoms with van der Waals surface area (Å²) in [4.78, 5) is 0. The second kappa shape index (κ2) is 8.51. The lowest BCUT2D eigenvalue weighted by Crippen LogP contribution is -2.32. The summed E-state index contributed by atoms with van der Waals surface area (Å²) in [6, 6.07) is 7.74. The van der Waals surface area contributed by atoms with Crippen molar-refractivity contribution in [2.45, 2.75) is 18.9 Å². The number of rotatable bonds is 4. The maximum Gasteiger partial charge on any atom is 0.133 e. The first-order valence-electron chi connectivity index (χ1n) is 6.01. The highest BCUT2D eigenvalue weighted by Gasteiger charge is 2.28. The van der Waals surface area contributed by atoms with E-state index in [4.69, 9.17) is 14.2 Å². The number of para-hydroxylation sites is 1. The van der Waals surface area contributed by atoms with Gasteiger partial charge >= 0.3 is 0 Å². The van der Waals surface area contributed by atoms with Gasteiger partial charge in [-0.25, -0.2) is 0 Å². The largest absolute Gasteiger partial charge is 0.496 e. The van der Waals surface area contributed by atoms with Crippen molar-refractivity contribution >= 4 is 15.9 Å². The Morgan fingerprint density at radius 3 is 2.28 bits per heavy atom. The van der Waals surface area contributed by atoms with Crippen LogP contribution in [-0.2, 0) is 9.47 Å². The van der Waals surface area contributed by atoms with Gasteiger partial charge in [-0.05, 0) is 46.8 Å². The average Bonchev–Trinajstić information content (AvgIpc) is 2.35. The van der Waals surface area contributed by atoms with E-state index in [1.165, 1.54) is 12.8 Å². The zero-order valence-electron chi connectivity index (χ0n) is 11.2. The third-order valence-corrected chi connectivity index (χ3v) is 3.64. The zero-order chi connectivity index (χ0) is 13.4. The Labute approximate surface area is 118 Å². The van der Waals surface area contributed by atoms with Gasteiger partial charge in [-0.3, -0.25) is 0 Å². The van der Waals surface area contributed by atoms with Crippen LogP contribution in [0.1, 0.15) is 12.8 Å². The molecule has 0 bridgehead atoms. The third-order valence-electron chi connectivity index (χ3n) is 2.98. The number of ether oxygens (including phenoxy) is 3. The van der Waals surface area contributed by atoms with Crippen molar-refractivity contribution < 1.29 is 14.2 Å². The minimum atomic E-state index is 0.519. The monoisotopic (exact) mass is 316 g/mol. The summed E-state index contributed by atoms with van der Waals surface area (Å²) in [6.45, 7) is 0.903. The van der Waals surface area contributed by atoms with Gasteiger partial charge in [-0.1, -0.05) is 12.1 Å². The van der Waals surface area contributed by atoms with E-state index in [1.54, 1.807) is 21.3 Å². The number of benzene rings is 1. The van der Waals surface area contributed by atoms with Crippen LogP contribution >= 0.6 is 15.9 Å². The maximum atomic E-state index is 5.11. The van der Waals surface area contributed by atoms with Gasteiger partial charge in [0.2, 0.25) is 0 Å². The fourth-order valence-electron chi connectivity index (χ4n) is 1.85. The maximum absolute atomic E-state index is 5.11. The summed E-state index contributed by atoms with van der Waals surface area (Å²) in [5.41, 5.74) is 0. The molecule has 1 aromatic rings. The lowest BCUT2D eigenvalue weighted by atomic mass is 9.83. The number of halogens is 1. The van der Waals surface area contributed by atoms with Crippen LogP contribution in [0.3, 0.4) is 0 Å². The van der Waals surface area contributed by atoms with Crippen molar-refractivity contribution in [3.63, 3.8) is 0 Å². The second-order valence-electron chi connectivity index (χ2n) is 4.29. The minimum Gasteiger partial charge on any atom is -0.496 e. The first-order valence-corrected chi connectivity index (χ1v) is 6.80. The van der Waals surface area contributed by atoms with Crippen LogP contribution in [0.5, 0.6) is 5.75 Å². The quantitative estimate of drug-likeness (QED) is 0.850. The molecule has 0 N–H and O–H groups in total. The molecule has 0 saturated heterocycles. The van der Waals surface area contributed by atoms with Crippen molar-refractivity contribution in [2.75, 3.05) is 27.9 Å². The topological polar surface area (TPSA) is 27.7 Å². The van der Waals surface area contributed by atoms with Crippen molar-refractivity contribution in [2.24, 2.45) is 5.92 Å². The first-order chi connectivity index (χ1) is 8.71. The highest BCUT2D eigenvalue weighted by atomic mass is 79.9. The summed E-state index contributed by atoms with van der Waals surface area (Å²) in [6.07, 6.45) is 2.89. The Morgan fingerprint density at radius 1 is 1.17 bits per heavy atom. The van der Waals surface area contributed by atoms with Crippen LogP contribution in [0.15, 0.2) is 28.7 Å². The second-order valence-corrected chi connectivity index (χ2v) is 5.14. The molecule has 1 saturated carbocycles. The molecule has 1 fully saturated rings. The van der Waals surface area contributed by atoms with Crippen LogP contribution in [0, 0.1) is 5.92 Å². The summed E-state index contributed by atoms with van der Waals surface area (Å²) < 4.78 is 16.1. The van der Waals surface area contributed by atoms with Gasteiger partial charge in [0.25, 0.3) is 0 Å². The van der Waals surface area contributed by atoms with Gasteiger partial charge in [0.05, 0.1) is 17.7 Å². The smallest absolute Gasteiger partial charge is 0.133 e. The summed E-state index contributed by atoms with van der Waals surface area (Å²) in [5.74, 6) is 1.64. The van der Waals surface area contributed by atoms with Crippen molar-refractivity contribution in [1.29, 1.82) is 0 Å². The molecule has 18 heavy (non-hydrogen) atoms. The van der Waals surface area contributed by atoms with Gasteiger partial charge in [-0.2, -0.15) is 0 Å². The molecule has 0 unspecified atom stereocenters. The summed E-state index contributed by atoms with van der Waals surface area (Å²) >= 11 is 3.33. The normalized spacial score (nSPS) is 21.6. The molecule has 0 aliphatic heterocycles. The molecule has 2 rings (SSSR count). The Kier molecular flexibility index (Phi) is 7.32. The highest BCUT2D eigenvalue weighted by molar-refractivity contribution is 9.10. The summed E-state index contributed by atoms with van der Waals surface area (Å²) in [7, 11) is 5.17. The van der Waals surface area contributed by atoms with Crippen LogP contribution in [0.25, 0.3) is 0 Å². The average molecular weight is 317 g/mol. The molecule has 1 aliphatic rings. The van der Waals surface area contributed by atoms with Gasteiger partial charge < -0.3 is 14.2 Å². The zero-order valence-corrected chi connectivity index (χ0v) is 12.8. The van der Waals surface area contributed by atoms with E-state index in [9.17, 15) is 0 Å². The number of methoxy groups -OCH3 is 3. The van der Waals surface area contributed by atoms with Gasteiger partial charge in [0.1, 0.15) is 5.75 Å². The Hall–Kier alpha value is -0.580. The van der Waals surface area contributed by atoms with Crippen LogP contribution in [0.4, 0.5) is 0 Å². The van der Waals surface area contributed by atoms with E-state index in [-0.39, 0.29) is 0 Å². The standard InChI is InChI=1S/C7H7BrO.C7H14O2/c1-9-7-5-3-2-4-6(7)8;1-8-5-6-3-7(4-6)9-2/h2-5H,1H3;6-7H,3-5H2,1-2H3. The van der Waals surface area contributed by atoms with E-state index in [2.05, 4.69) is 15.9 Å². The first kappa shape index (κ1) is 15.5. The van der Waals surface area contributed by atoms with E-state index in [0.29, 0.717) is 6.10 Å². The molecule has 0 aromatic heterocycles. The van der Waals surface area contributed by atoms with Crippen molar-refractivity contribution in [3.05, 3.63) is 28.7 Å². The molecule has 4 heteroatoms. The Bertz CT molecular complexity index is 338. The van der Waals surface area contributed by atoms with Gasteiger partial charge in [0, 0.05) is 20.8 Å². The highest BCUT2D eigenvalue weighted by Crippen LogP contribution is 2.29. The van der Waals surface area contributed by atoms with E-state index < -0.39 is 0 Å². The SMILES string of the molecule is COCC1CC(OC)C1.COc1ccccc1Br. The van der Waals surface area contributed by atoms with Gasteiger partial charge in [-0.15, -0.1) is 0 Å². The van der Waals surface area contributed by atoms with E-state index in [1.807, 2.05) is 24.3 Å². The van der Waals surface area contributed by atoms with E-state index >= 15 is 0 Å². The van der Waals surface area contributed by atoms with Gasteiger partial charge in [0.15, 0.2) is 0 Å². The molecule has 0 spiro atoms. The molecule has 1 aromatic carbocycles. The number of hydrogen-bond acceptors (Lipinski definition) is 3. The van der Waals surface area contributed by atoms with Crippen LogP contribution < -0.4 is 4.74 Å². The van der Waals surface area contributed by atoms with Crippen LogP contribution in [0.2, 0.25) is 0 Å². The minimum absolute atomic E-state index is 0.519. The predicted molar refractivity (Wildman–Crippen MR) is 76.1 cm³/mol. The third kappa shape index (κ3) is 4.96. The molecule has 1 aliphatic carbocycles. The molecule has 0 atom stereocenters. The molecule has 0 amide bonds. The fraction of sp³-hybridized carbons (Fsp3) is 0.571. The molecule has 0 radical (unpaired) electrons. The Morgan fingerprint density at radius 2 is 1.83 bits per heavy atom. The number of hydrogen-bond donors (Lipinski definition) is 0. The summed E-state index contributed by atoms with van der Waals surface area (Å²) in [5, 5.41) is 0. The molecule has 0 heterocycles. The predicted octanol–water partition coefficient (Wildman–Crippen LogP) is 3.52.